The van der Waals surface area contributed by atoms with Crippen LogP contribution >= 0.6 is 0 Å². The highest BCUT2D eigenvalue weighted by molar-refractivity contribution is 5.77. The van der Waals surface area contributed by atoms with E-state index in [1.165, 1.54) is 7.11 Å². The van der Waals surface area contributed by atoms with Gasteiger partial charge in [0.2, 0.25) is 0 Å². The molecule has 0 radical (unpaired) electrons. The molecule has 0 aliphatic carbocycles. The lowest BCUT2D eigenvalue weighted by atomic mass is 9.95. The molecule has 0 saturated heterocycles. The van der Waals surface area contributed by atoms with Crippen molar-refractivity contribution in [3.05, 3.63) is 71.9 Å². The van der Waals surface area contributed by atoms with Gasteiger partial charge in [-0.3, -0.25) is 0 Å². The quantitative estimate of drug-likeness (QED) is 0.721. The molecule has 0 amide bonds. The van der Waals surface area contributed by atoms with Crippen LogP contribution in [-0.4, -0.2) is 12.1 Å². The van der Waals surface area contributed by atoms with E-state index in [1.54, 1.807) is 48.5 Å². The fraction of sp³-hybridized carbons (Fsp3) is 0.150. The molecule has 0 aliphatic rings. The molecule has 0 bridgehead atoms. The zero-order valence-corrected chi connectivity index (χ0v) is 14.0. The summed E-state index contributed by atoms with van der Waals surface area (Å²) in [5, 5.41) is 0. The summed E-state index contributed by atoms with van der Waals surface area (Å²) in [6, 6.07) is 16.6. The van der Waals surface area contributed by atoms with Crippen LogP contribution in [0.15, 0.2) is 60.7 Å². The van der Waals surface area contributed by atoms with Crippen molar-refractivity contribution in [1.82, 2.24) is 4.98 Å². The third-order valence-electron chi connectivity index (χ3n) is 4.07. The summed E-state index contributed by atoms with van der Waals surface area (Å²) in [5.41, 5.74) is 7.39. The molecular weight excluding hydrogens is 341 g/mol. The highest BCUT2D eigenvalue weighted by Gasteiger charge is 2.34. The van der Waals surface area contributed by atoms with Gasteiger partial charge in [0.05, 0.1) is 12.8 Å². The van der Waals surface area contributed by atoms with Crippen molar-refractivity contribution in [2.75, 3.05) is 7.11 Å². The number of halogens is 3. The van der Waals surface area contributed by atoms with Gasteiger partial charge in [-0.05, 0) is 47.0 Å². The zero-order valence-electron chi connectivity index (χ0n) is 14.0. The number of hydrogen-bond donors (Lipinski definition) is 1. The Balaban J connectivity index is 2.27. The predicted octanol–water partition coefficient (Wildman–Crippen LogP) is 4.90. The second-order valence-electron chi connectivity index (χ2n) is 5.68. The fourth-order valence-corrected chi connectivity index (χ4v) is 2.79. The number of benzene rings is 2. The van der Waals surface area contributed by atoms with E-state index in [0.29, 0.717) is 28.0 Å². The zero-order chi connectivity index (χ0) is 18.7. The highest BCUT2D eigenvalue weighted by Crippen LogP contribution is 2.37. The monoisotopic (exact) mass is 358 g/mol. The molecule has 3 aromatic rings. The first-order valence-corrected chi connectivity index (χ1v) is 7.95. The fourth-order valence-electron chi connectivity index (χ4n) is 2.79. The van der Waals surface area contributed by atoms with Crippen LogP contribution in [0.5, 0.6) is 5.75 Å². The maximum atomic E-state index is 13.4. The van der Waals surface area contributed by atoms with Crippen molar-refractivity contribution in [1.29, 1.82) is 0 Å². The summed E-state index contributed by atoms with van der Waals surface area (Å²) in [6.45, 7) is 0.0662. The number of nitrogens with two attached hydrogens (primary N) is 1. The Kier molecular flexibility index (Phi) is 4.95. The largest absolute Gasteiger partial charge is 0.497 e. The predicted molar refractivity (Wildman–Crippen MR) is 94.6 cm³/mol. The summed E-state index contributed by atoms with van der Waals surface area (Å²) in [4.78, 5) is 3.88. The van der Waals surface area contributed by atoms with Crippen LogP contribution in [0.25, 0.3) is 22.4 Å². The number of rotatable bonds is 4. The van der Waals surface area contributed by atoms with E-state index in [4.69, 9.17) is 10.5 Å². The minimum absolute atomic E-state index is 0.0662. The minimum Gasteiger partial charge on any atom is -0.497 e. The molecule has 0 aliphatic heterocycles. The second kappa shape index (κ2) is 7.17. The van der Waals surface area contributed by atoms with Crippen LogP contribution in [0.3, 0.4) is 0 Å². The van der Waals surface area contributed by atoms with Crippen LogP contribution in [0.1, 0.15) is 11.3 Å². The van der Waals surface area contributed by atoms with Gasteiger partial charge in [-0.1, -0.05) is 30.3 Å². The smallest absolute Gasteiger partial charge is 0.433 e. The topological polar surface area (TPSA) is 48.1 Å². The molecule has 0 unspecified atom stereocenters. The number of methoxy groups -OCH3 is 1. The summed E-state index contributed by atoms with van der Waals surface area (Å²) in [5.74, 6) is 0.610. The van der Waals surface area contributed by atoms with Gasteiger partial charge in [0.25, 0.3) is 0 Å². The number of nitrogens with zero attached hydrogens (tertiary/aromatic N) is 1. The molecule has 0 fully saturated rings. The number of pyridine rings is 1. The molecule has 26 heavy (non-hydrogen) atoms. The first kappa shape index (κ1) is 17.9. The first-order chi connectivity index (χ1) is 12.4. The van der Waals surface area contributed by atoms with Crippen molar-refractivity contribution in [3.8, 4) is 28.1 Å². The third-order valence-corrected chi connectivity index (χ3v) is 4.07. The van der Waals surface area contributed by atoms with Crippen LogP contribution < -0.4 is 10.5 Å². The van der Waals surface area contributed by atoms with Gasteiger partial charge in [0.1, 0.15) is 11.4 Å². The van der Waals surface area contributed by atoms with Gasteiger partial charge in [-0.15, -0.1) is 0 Å². The lowest BCUT2D eigenvalue weighted by Gasteiger charge is -2.17. The van der Waals surface area contributed by atoms with E-state index < -0.39 is 11.9 Å². The molecule has 1 aromatic heterocycles. The summed E-state index contributed by atoms with van der Waals surface area (Å²) < 4.78 is 45.4. The molecule has 6 heteroatoms. The lowest BCUT2D eigenvalue weighted by Crippen LogP contribution is -2.12. The van der Waals surface area contributed by atoms with Gasteiger partial charge >= 0.3 is 6.18 Å². The molecule has 3 nitrogen and oxygen atoms in total. The van der Waals surface area contributed by atoms with Gasteiger partial charge in [0.15, 0.2) is 0 Å². The van der Waals surface area contributed by atoms with Crippen LogP contribution in [-0.2, 0) is 12.7 Å². The van der Waals surface area contributed by atoms with Crippen molar-refractivity contribution in [2.24, 2.45) is 5.73 Å². The molecule has 0 atom stereocenters. The molecule has 134 valence electrons. The average molecular weight is 358 g/mol. The average Bonchev–Trinajstić information content (AvgIpc) is 2.67. The Hall–Kier alpha value is -2.86. The van der Waals surface area contributed by atoms with E-state index in [0.717, 1.165) is 6.07 Å². The van der Waals surface area contributed by atoms with Gasteiger partial charge in [-0.2, -0.15) is 13.2 Å². The van der Waals surface area contributed by atoms with Crippen LogP contribution in [0.2, 0.25) is 0 Å². The van der Waals surface area contributed by atoms with Crippen molar-refractivity contribution in [3.63, 3.8) is 0 Å². The van der Waals surface area contributed by atoms with Gasteiger partial charge < -0.3 is 10.5 Å². The molecule has 0 spiro atoms. The summed E-state index contributed by atoms with van der Waals surface area (Å²) >= 11 is 0. The number of ether oxygens (including phenoxy) is 1. The third kappa shape index (κ3) is 3.55. The molecule has 2 aromatic carbocycles. The van der Waals surface area contributed by atoms with Crippen LogP contribution in [0.4, 0.5) is 13.2 Å². The normalized spacial score (nSPS) is 11.4. The van der Waals surface area contributed by atoms with Gasteiger partial charge in [-0.25, -0.2) is 4.98 Å². The number of hydrogen-bond acceptors (Lipinski definition) is 3. The first-order valence-electron chi connectivity index (χ1n) is 7.95. The van der Waals surface area contributed by atoms with Crippen molar-refractivity contribution in [2.45, 2.75) is 12.7 Å². The van der Waals surface area contributed by atoms with Gasteiger partial charge in [0, 0.05) is 12.1 Å². The van der Waals surface area contributed by atoms with Crippen molar-refractivity contribution < 1.29 is 17.9 Å². The Labute approximate surface area is 149 Å². The second-order valence-corrected chi connectivity index (χ2v) is 5.68. The maximum Gasteiger partial charge on any atom is 0.433 e. The number of aromatic nitrogens is 1. The maximum absolute atomic E-state index is 13.4. The Morgan fingerprint density at radius 1 is 0.962 bits per heavy atom. The van der Waals surface area contributed by atoms with E-state index in [-0.39, 0.29) is 12.2 Å². The molecule has 2 N–H and O–H groups in total. The summed E-state index contributed by atoms with van der Waals surface area (Å²) in [7, 11) is 1.52. The molecule has 1 heterocycles. The minimum atomic E-state index is -4.56. The standard InChI is InChI=1S/C20H17F3N2O/c1-26-15-9-7-14(8-10-15)19-17(12-24)16(13-5-3-2-4-6-13)11-18(25-19)20(21,22)23/h2-11H,12,24H2,1H3. The highest BCUT2D eigenvalue weighted by atomic mass is 19.4. The molecule has 0 saturated carbocycles. The number of alkyl halides is 3. The lowest BCUT2D eigenvalue weighted by molar-refractivity contribution is -0.141. The van der Waals surface area contributed by atoms with Crippen LogP contribution in [0, 0.1) is 0 Å². The Morgan fingerprint density at radius 2 is 1.62 bits per heavy atom. The molecule has 3 rings (SSSR count). The van der Waals surface area contributed by atoms with E-state index in [1.807, 2.05) is 6.07 Å². The Bertz CT molecular complexity index is 891. The molecular formula is C20H17F3N2O. The van der Waals surface area contributed by atoms with E-state index in [2.05, 4.69) is 4.98 Å². The SMILES string of the molecule is COc1ccc(-c2nc(C(F)(F)F)cc(-c3ccccc3)c2CN)cc1. The summed E-state index contributed by atoms with van der Waals surface area (Å²) in [6.07, 6.45) is -4.56. The van der Waals surface area contributed by atoms with E-state index >= 15 is 0 Å². The van der Waals surface area contributed by atoms with E-state index in [9.17, 15) is 13.2 Å². The van der Waals surface area contributed by atoms with Crippen molar-refractivity contribution >= 4 is 0 Å². The Morgan fingerprint density at radius 3 is 2.15 bits per heavy atom.